The second kappa shape index (κ2) is 9.43. The van der Waals surface area contributed by atoms with Gasteiger partial charge in [-0.15, -0.1) is 0 Å². The maximum Gasteiger partial charge on any atom is 0.231 e. The normalized spacial score (nSPS) is 19.8. The van der Waals surface area contributed by atoms with Gasteiger partial charge in [-0.2, -0.15) is 0 Å². The molecule has 2 aromatic carbocycles. The first kappa shape index (κ1) is 21.8. The second-order valence-corrected chi connectivity index (χ2v) is 9.29. The van der Waals surface area contributed by atoms with Gasteiger partial charge in [0.2, 0.25) is 18.6 Å². The maximum absolute atomic E-state index is 13.2. The van der Waals surface area contributed by atoms with E-state index in [2.05, 4.69) is 35.3 Å². The molecule has 2 amide bonds. The molecule has 3 aliphatic rings. The van der Waals surface area contributed by atoms with E-state index < -0.39 is 0 Å². The number of ether oxygens (including phenoxy) is 2. The fraction of sp³-hybridized carbons (Fsp3) is 0.462. The van der Waals surface area contributed by atoms with Gasteiger partial charge in [0.25, 0.3) is 0 Å². The van der Waals surface area contributed by atoms with Crippen molar-refractivity contribution in [2.45, 2.75) is 39.2 Å². The van der Waals surface area contributed by atoms with E-state index in [4.69, 9.17) is 9.47 Å². The minimum atomic E-state index is -0.0368. The number of rotatable bonds is 5. The van der Waals surface area contributed by atoms with E-state index in [0.717, 1.165) is 38.9 Å². The van der Waals surface area contributed by atoms with E-state index in [1.807, 2.05) is 11.0 Å². The summed E-state index contributed by atoms with van der Waals surface area (Å²) in [5.41, 5.74) is 4.63. The van der Waals surface area contributed by atoms with Gasteiger partial charge in [-0.05, 0) is 56.0 Å². The number of carbonyl (C=O) groups excluding carboxylic acids is 2. The number of piperidine rings is 1. The molecule has 174 valence electrons. The summed E-state index contributed by atoms with van der Waals surface area (Å²) in [6, 6.07) is 11.9. The standard InChI is InChI=1S/C26H31N3O4/c1-18-4-5-20-16-29(12-8-19(20)13-18)26(31)21-3-2-10-28(15-21)11-9-25(30)27-22-6-7-23-24(14-22)33-17-32-23/h4-7,13-14,21H,2-3,8-12,15-17H2,1H3,(H,27,30). The smallest absolute Gasteiger partial charge is 0.231 e. The molecular formula is C26H31N3O4. The number of aryl methyl sites for hydroxylation is 1. The first-order valence-corrected chi connectivity index (χ1v) is 11.8. The number of fused-ring (bicyclic) bond motifs is 2. The third kappa shape index (κ3) is 4.98. The van der Waals surface area contributed by atoms with Gasteiger partial charge in [0.05, 0.1) is 5.92 Å². The summed E-state index contributed by atoms with van der Waals surface area (Å²) in [4.78, 5) is 30.0. The van der Waals surface area contributed by atoms with Crippen LogP contribution >= 0.6 is 0 Å². The number of benzene rings is 2. The van der Waals surface area contributed by atoms with Crippen LogP contribution in [0.4, 0.5) is 5.69 Å². The minimum Gasteiger partial charge on any atom is -0.454 e. The molecule has 7 heteroatoms. The van der Waals surface area contributed by atoms with Gasteiger partial charge < -0.3 is 24.6 Å². The number of hydrogen-bond acceptors (Lipinski definition) is 5. The van der Waals surface area contributed by atoms with Crippen LogP contribution in [0.3, 0.4) is 0 Å². The lowest BCUT2D eigenvalue weighted by atomic mass is 9.93. The van der Waals surface area contributed by atoms with E-state index in [1.165, 1.54) is 16.7 Å². The first-order valence-electron chi connectivity index (χ1n) is 11.8. The van der Waals surface area contributed by atoms with E-state index in [0.29, 0.717) is 36.7 Å². The van der Waals surface area contributed by atoms with Gasteiger partial charge in [-0.1, -0.05) is 23.8 Å². The molecule has 1 fully saturated rings. The number of nitrogens with one attached hydrogen (secondary N) is 1. The fourth-order valence-electron chi connectivity index (χ4n) is 5.05. The molecule has 7 nitrogen and oxygen atoms in total. The predicted molar refractivity (Wildman–Crippen MR) is 125 cm³/mol. The molecule has 5 rings (SSSR count). The summed E-state index contributed by atoms with van der Waals surface area (Å²) < 4.78 is 10.7. The molecule has 0 radical (unpaired) electrons. The highest BCUT2D eigenvalue weighted by Gasteiger charge is 2.31. The van der Waals surface area contributed by atoms with Crippen molar-refractivity contribution in [3.63, 3.8) is 0 Å². The van der Waals surface area contributed by atoms with E-state index >= 15 is 0 Å². The number of carbonyl (C=O) groups is 2. The van der Waals surface area contributed by atoms with Gasteiger partial charge in [0.1, 0.15) is 0 Å². The van der Waals surface area contributed by atoms with Crippen LogP contribution in [0.5, 0.6) is 11.5 Å². The van der Waals surface area contributed by atoms with Crippen molar-refractivity contribution >= 4 is 17.5 Å². The van der Waals surface area contributed by atoms with Crippen LogP contribution in [0, 0.1) is 12.8 Å². The number of hydrogen-bond donors (Lipinski definition) is 1. The van der Waals surface area contributed by atoms with E-state index in [1.54, 1.807) is 12.1 Å². The topological polar surface area (TPSA) is 71.1 Å². The Morgan fingerprint density at radius 2 is 1.94 bits per heavy atom. The molecule has 33 heavy (non-hydrogen) atoms. The van der Waals surface area contributed by atoms with E-state index in [9.17, 15) is 9.59 Å². The summed E-state index contributed by atoms with van der Waals surface area (Å²) in [5, 5.41) is 2.93. The number of anilines is 1. The van der Waals surface area contributed by atoms with Crippen molar-refractivity contribution in [3.05, 3.63) is 53.1 Å². The molecule has 0 spiro atoms. The van der Waals surface area contributed by atoms with Crippen molar-refractivity contribution < 1.29 is 19.1 Å². The third-order valence-electron chi connectivity index (χ3n) is 6.85. The Bertz CT molecular complexity index is 1050. The van der Waals surface area contributed by atoms with Crippen LogP contribution in [0.15, 0.2) is 36.4 Å². The molecule has 2 aromatic rings. The Morgan fingerprint density at radius 3 is 2.85 bits per heavy atom. The minimum absolute atomic E-state index is 0.0164. The SMILES string of the molecule is Cc1ccc2c(c1)CCN(C(=O)C1CCCN(CCC(=O)Nc3ccc4c(c3)OCO4)C1)C2. The Balaban J connectivity index is 1.11. The molecule has 1 unspecified atom stereocenters. The quantitative estimate of drug-likeness (QED) is 0.758. The van der Waals surface area contributed by atoms with Crippen LogP contribution in [-0.2, 0) is 22.6 Å². The van der Waals surface area contributed by atoms with Crippen molar-refractivity contribution in [1.29, 1.82) is 0 Å². The highest BCUT2D eigenvalue weighted by molar-refractivity contribution is 5.91. The number of nitrogens with zero attached hydrogens (tertiary/aromatic N) is 2. The molecule has 0 aromatic heterocycles. The average Bonchev–Trinajstić information content (AvgIpc) is 3.30. The van der Waals surface area contributed by atoms with E-state index in [-0.39, 0.29) is 24.5 Å². The van der Waals surface area contributed by atoms with Crippen LogP contribution in [0.1, 0.15) is 36.0 Å². The lowest BCUT2D eigenvalue weighted by molar-refractivity contribution is -0.138. The van der Waals surface area contributed by atoms with Gasteiger partial charge in [0.15, 0.2) is 11.5 Å². The van der Waals surface area contributed by atoms with Gasteiger partial charge in [-0.25, -0.2) is 0 Å². The Morgan fingerprint density at radius 1 is 1.06 bits per heavy atom. The maximum atomic E-state index is 13.2. The summed E-state index contributed by atoms with van der Waals surface area (Å²) in [6.07, 6.45) is 3.24. The van der Waals surface area contributed by atoms with Crippen LogP contribution in [0.25, 0.3) is 0 Å². The van der Waals surface area contributed by atoms with Crippen molar-refractivity contribution in [2.75, 3.05) is 38.3 Å². The molecule has 1 atom stereocenters. The zero-order valence-corrected chi connectivity index (χ0v) is 19.1. The Labute approximate surface area is 194 Å². The fourth-order valence-corrected chi connectivity index (χ4v) is 5.05. The monoisotopic (exact) mass is 449 g/mol. The second-order valence-electron chi connectivity index (χ2n) is 9.29. The molecule has 0 saturated carbocycles. The lowest BCUT2D eigenvalue weighted by Crippen LogP contribution is -2.46. The van der Waals surface area contributed by atoms with Crippen molar-refractivity contribution in [2.24, 2.45) is 5.92 Å². The summed E-state index contributed by atoms with van der Waals surface area (Å²) in [6.45, 7) is 6.15. The number of amides is 2. The molecular weight excluding hydrogens is 418 g/mol. The molecule has 3 aliphatic heterocycles. The molecule has 0 aliphatic carbocycles. The molecule has 3 heterocycles. The predicted octanol–water partition coefficient (Wildman–Crippen LogP) is 3.35. The number of likely N-dealkylation sites (tertiary alicyclic amines) is 1. The van der Waals surface area contributed by atoms with Gasteiger partial charge >= 0.3 is 0 Å². The zero-order chi connectivity index (χ0) is 22.8. The zero-order valence-electron chi connectivity index (χ0n) is 19.1. The first-order chi connectivity index (χ1) is 16.0. The molecule has 1 saturated heterocycles. The summed E-state index contributed by atoms with van der Waals surface area (Å²) in [7, 11) is 0. The van der Waals surface area contributed by atoms with Crippen LogP contribution in [-0.4, -0.2) is 54.6 Å². The van der Waals surface area contributed by atoms with Gasteiger partial charge in [-0.3, -0.25) is 9.59 Å². The highest BCUT2D eigenvalue weighted by atomic mass is 16.7. The largest absolute Gasteiger partial charge is 0.454 e. The van der Waals surface area contributed by atoms with Crippen LogP contribution < -0.4 is 14.8 Å². The lowest BCUT2D eigenvalue weighted by Gasteiger charge is -2.36. The average molecular weight is 450 g/mol. The molecule has 0 bridgehead atoms. The van der Waals surface area contributed by atoms with Crippen LogP contribution in [0.2, 0.25) is 0 Å². The highest BCUT2D eigenvalue weighted by Crippen LogP contribution is 2.34. The Hall–Kier alpha value is -3.06. The third-order valence-corrected chi connectivity index (χ3v) is 6.85. The van der Waals surface area contributed by atoms with Crippen molar-refractivity contribution in [3.8, 4) is 11.5 Å². The summed E-state index contributed by atoms with van der Waals surface area (Å²) >= 11 is 0. The van der Waals surface area contributed by atoms with Crippen molar-refractivity contribution in [1.82, 2.24) is 9.80 Å². The Kier molecular flexibility index (Phi) is 6.22. The molecule has 1 N–H and O–H groups in total. The summed E-state index contributed by atoms with van der Waals surface area (Å²) in [5.74, 6) is 1.59. The van der Waals surface area contributed by atoms with Gasteiger partial charge in [0, 0.05) is 44.4 Å².